The van der Waals surface area contributed by atoms with Crippen LogP contribution in [0.2, 0.25) is 0 Å². The maximum Gasteiger partial charge on any atom is 0.211 e. The third kappa shape index (κ3) is 7.01. The molecule has 0 spiro atoms. The summed E-state index contributed by atoms with van der Waals surface area (Å²) in [4.78, 5) is 0. The van der Waals surface area contributed by atoms with Crippen molar-refractivity contribution < 1.29 is 8.42 Å². The fraction of sp³-hybridized carbons (Fsp3) is 1.00. The minimum atomic E-state index is -3.11. The number of sulfonamides is 1. The highest BCUT2D eigenvalue weighted by Crippen LogP contribution is 2.19. The standard InChI is InChI=1S/C12H26N2O2S/c1-12(2,3)7-10-17(15,16)14-11-5-4-8-13-9-6-11/h11,13-14H,4-10H2,1-3H3. The van der Waals surface area contributed by atoms with Crippen molar-refractivity contribution in [3.8, 4) is 0 Å². The zero-order valence-corrected chi connectivity index (χ0v) is 12.1. The number of rotatable bonds is 4. The van der Waals surface area contributed by atoms with E-state index in [0.717, 1.165) is 32.4 Å². The van der Waals surface area contributed by atoms with Crippen molar-refractivity contribution in [3.63, 3.8) is 0 Å². The highest BCUT2D eigenvalue weighted by molar-refractivity contribution is 7.89. The smallest absolute Gasteiger partial charge is 0.211 e. The Balaban J connectivity index is 2.42. The lowest BCUT2D eigenvalue weighted by atomic mass is 9.94. The molecular weight excluding hydrogens is 236 g/mol. The van der Waals surface area contributed by atoms with E-state index in [4.69, 9.17) is 0 Å². The first-order valence-corrected chi connectivity index (χ1v) is 8.14. The van der Waals surface area contributed by atoms with Crippen molar-refractivity contribution in [2.24, 2.45) is 5.41 Å². The average Bonchev–Trinajstić information content (AvgIpc) is 2.42. The molecule has 0 aliphatic carbocycles. The van der Waals surface area contributed by atoms with E-state index in [0.29, 0.717) is 6.42 Å². The molecule has 1 unspecified atom stereocenters. The fourth-order valence-electron chi connectivity index (χ4n) is 1.89. The molecular formula is C12H26N2O2S. The summed E-state index contributed by atoms with van der Waals surface area (Å²) in [6.45, 7) is 8.11. The molecule has 1 saturated heterocycles. The van der Waals surface area contributed by atoms with E-state index in [1.165, 1.54) is 0 Å². The number of hydrogen-bond acceptors (Lipinski definition) is 3. The van der Waals surface area contributed by atoms with Gasteiger partial charge in [-0.2, -0.15) is 0 Å². The predicted molar refractivity (Wildman–Crippen MR) is 71.5 cm³/mol. The Bertz CT molecular complexity index is 312. The molecule has 1 rings (SSSR count). The summed E-state index contributed by atoms with van der Waals surface area (Å²) in [5, 5.41) is 3.28. The molecule has 17 heavy (non-hydrogen) atoms. The highest BCUT2D eigenvalue weighted by Gasteiger charge is 2.21. The molecule has 0 aromatic heterocycles. The van der Waals surface area contributed by atoms with Crippen LogP contribution in [0.25, 0.3) is 0 Å². The van der Waals surface area contributed by atoms with Gasteiger partial charge in [0.1, 0.15) is 0 Å². The molecule has 1 aliphatic rings. The molecule has 0 radical (unpaired) electrons. The maximum atomic E-state index is 11.9. The number of hydrogen-bond donors (Lipinski definition) is 2. The Hall–Kier alpha value is -0.130. The zero-order valence-electron chi connectivity index (χ0n) is 11.3. The van der Waals surface area contributed by atoms with Crippen LogP contribution in [0.4, 0.5) is 0 Å². The molecule has 0 bridgehead atoms. The summed E-state index contributed by atoms with van der Waals surface area (Å²) < 4.78 is 26.7. The van der Waals surface area contributed by atoms with Gasteiger partial charge in [-0.3, -0.25) is 0 Å². The van der Waals surface area contributed by atoms with Gasteiger partial charge in [-0.15, -0.1) is 0 Å². The van der Waals surface area contributed by atoms with E-state index < -0.39 is 10.0 Å². The van der Waals surface area contributed by atoms with Gasteiger partial charge in [0.15, 0.2) is 0 Å². The molecule has 0 aromatic carbocycles. The monoisotopic (exact) mass is 262 g/mol. The quantitative estimate of drug-likeness (QED) is 0.807. The Morgan fingerprint density at radius 2 is 1.94 bits per heavy atom. The van der Waals surface area contributed by atoms with E-state index in [9.17, 15) is 8.42 Å². The van der Waals surface area contributed by atoms with E-state index in [1.807, 2.05) is 0 Å². The molecule has 102 valence electrons. The largest absolute Gasteiger partial charge is 0.317 e. The molecule has 0 saturated carbocycles. The summed E-state index contributed by atoms with van der Waals surface area (Å²) in [5.74, 6) is 0.237. The van der Waals surface area contributed by atoms with Gasteiger partial charge in [-0.25, -0.2) is 13.1 Å². The predicted octanol–water partition coefficient (Wildman–Crippen LogP) is 1.48. The summed E-state index contributed by atoms with van der Waals surface area (Å²) in [6.07, 6.45) is 3.59. The van der Waals surface area contributed by atoms with Crippen molar-refractivity contribution in [1.29, 1.82) is 0 Å². The van der Waals surface area contributed by atoms with Gasteiger partial charge in [-0.1, -0.05) is 20.8 Å². The van der Waals surface area contributed by atoms with Gasteiger partial charge in [0, 0.05) is 6.04 Å². The second-order valence-electron chi connectivity index (χ2n) is 6.13. The average molecular weight is 262 g/mol. The van der Waals surface area contributed by atoms with Crippen LogP contribution < -0.4 is 10.0 Å². The summed E-state index contributed by atoms with van der Waals surface area (Å²) in [5.41, 5.74) is 0.0692. The Morgan fingerprint density at radius 1 is 1.24 bits per heavy atom. The van der Waals surface area contributed by atoms with Crippen molar-refractivity contribution in [1.82, 2.24) is 10.0 Å². The van der Waals surface area contributed by atoms with Gasteiger partial charge >= 0.3 is 0 Å². The lowest BCUT2D eigenvalue weighted by Gasteiger charge is -2.20. The molecule has 1 aliphatic heterocycles. The summed E-state index contributed by atoms with van der Waals surface area (Å²) in [7, 11) is -3.11. The second-order valence-corrected chi connectivity index (χ2v) is 8.00. The van der Waals surface area contributed by atoms with Crippen LogP contribution in [0.5, 0.6) is 0 Å². The Labute approximate surface area is 106 Å². The molecule has 0 aromatic rings. The van der Waals surface area contributed by atoms with E-state index in [2.05, 4.69) is 30.8 Å². The highest BCUT2D eigenvalue weighted by atomic mass is 32.2. The summed E-state index contributed by atoms with van der Waals surface area (Å²) in [6, 6.07) is 0.120. The first-order chi connectivity index (χ1) is 7.79. The molecule has 2 N–H and O–H groups in total. The van der Waals surface area contributed by atoms with Crippen LogP contribution in [0.3, 0.4) is 0 Å². The SMILES string of the molecule is CC(C)(C)CCS(=O)(=O)NC1CCCNCC1. The lowest BCUT2D eigenvalue weighted by Crippen LogP contribution is -2.37. The van der Waals surface area contributed by atoms with Gasteiger partial charge in [-0.05, 0) is 44.2 Å². The normalized spacial score (nSPS) is 23.4. The first kappa shape index (κ1) is 14.9. The first-order valence-electron chi connectivity index (χ1n) is 6.49. The Kier molecular flexibility index (Phi) is 5.41. The topological polar surface area (TPSA) is 58.2 Å². The van der Waals surface area contributed by atoms with Crippen LogP contribution in [0.1, 0.15) is 46.5 Å². The van der Waals surface area contributed by atoms with Crippen LogP contribution in [-0.2, 0) is 10.0 Å². The molecule has 0 amide bonds. The van der Waals surface area contributed by atoms with Crippen LogP contribution >= 0.6 is 0 Å². The minimum Gasteiger partial charge on any atom is -0.317 e. The van der Waals surface area contributed by atoms with Gasteiger partial charge in [0.25, 0.3) is 0 Å². The fourth-order valence-corrected chi connectivity index (χ4v) is 3.63. The minimum absolute atomic E-state index is 0.0692. The van der Waals surface area contributed by atoms with Crippen LogP contribution in [-0.4, -0.2) is 33.3 Å². The molecule has 1 fully saturated rings. The van der Waals surface area contributed by atoms with Gasteiger partial charge in [0.2, 0.25) is 10.0 Å². The maximum absolute atomic E-state index is 11.9. The van der Waals surface area contributed by atoms with Crippen molar-refractivity contribution in [3.05, 3.63) is 0 Å². The summed E-state index contributed by atoms with van der Waals surface area (Å²) >= 11 is 0. The second kappa shape index (κ2) is 6.16. The molecule has 1 heterocycles. The van der Waals surface area contributed by atoms with E-state index in [-0.39, 0.29) is 17.2 Å². The lowest BCUT2D eigenvalue weighted by molar-refractivity contribution is 0.395. The van der Waals surface area contributed by atoms with Gasteiger partial charge in [0.05, 0.1) is 5.75 Å². The van der Waals surface area contributed by atoms with Crippen molar-refractivity contribution >= 4 is 10.0 Å². The third-order valence-corrected chi connectivity index (χ3v) is 4.48. The van der Waals surface area contributed by atoms with E-state index >= 15 is 0 Å². The molecule has 5 heteroatoms. The van der Waals surface area contributed by atoms with Gasteiger partial charge < -0.3 is 5.32 Å². The van der Waals surface area contributed by atoms with Crippen molar-refractivity contribution in [2.75, 3.05) is 18.8 Å². The number of nitrogens with one attached hydrogen (secondary N) is 2. The van der Waals surface area contributed by atoms with Crippen molar-refractivity contribution in [2.45, 2.75) is 52.5 Å². The van der Waals surface area contributed by atoms with Crippen LogP contribution in [0.15, 0.2) is 0 Å². The molecule has 1 atom stereocenters. The van der Waals surface area contributed by atoms with E-state index in [1.54, 1.807) is 0 Å². The third-order valence-electron chi connectivity index (χ3n) is 3.04. The molecule has 4 nitrogen and oxygen atoms in total. The van der Waals surface area contributed by atoms with Crippen LogP contribution in [0, 0.1) is 5.41 Å². The zero-order chi connectivity index (χ0) is 12.9. The Morgan fingerprint density at radius 3 is 2.59 bits per heavy atom.